The second-order valence-electron chi connectivity index (χ2n) is 3.95. The molecular weight excluding hydrogens is 252 g/mol. The topological polar surface area (TPSA) is 44.2 Å². The van der Waals surface area contributed by atoms with Crippen LogP contribution in [0.25, 0.3) is 16.6 Å². The fraction of sp³-hybridized carbons (Fsp3) is 0.231. The van der Waals surface area contributed by atoms with Gasteiger partial charge in [-0.2, -0.15) is 0 Å². The molecule has 0 saturated heterocycles. The predicted molar refractivity (Wildman–Crippen MR) is 69.9 cm³/mol. The van der Waals surface area contributed by atoms with Crippen LogP contribution in [-0.4, -0.2) is 30.3 Å². The van der Waals surface area contributed by atoms with E-state index < -0.39 is 0 Å². The molecule has 92 valence electrons. The van der Waals surface area contributed by atoms with Crippen LogP contribution in [0.3, 0.4) is 0 Å². The Labute approximate surface area is 109 Å². The van der Waals surface area contributed by atoms with Crippen LogP contribution >= 0.6 is 11.6 Å². The molecule has 1 aliphatic heterocycles. The molecule has 0 radical (unpaired) electrons. The third-order valence-corrected chi connectivity index (χ3v) is 3.16. The molecule has 0 amide bonds. The first-order valence-electron chi connectivity index (χ1n) is 5.56. The van der Waals surface area contributed by atoms with Gasteiger partial charge in [0.05, 0.1) is 30.9 Å². The highest BCUT2D eigenvalue weighted by Gasteiger charge is 2.16. The van der Waals surface area contributed by atoms with Gasteiger partial charge in [-0.25, -0.2) is 4.98 Å². The monoisotopic (exact) mass is 262 g/mol. The van der Waals surface area contributed by atoms with E-state index in [1.807, 2.05) is 12.1 Å². The zero-order chi connectivity index (χ0) is 12.5. The predicted octanol–water partition coefficient (Wildman–Crippen LogP) is 2.71. The molecule has 2 aromatic rings. The van der Waals surface area contributed by atoms with Gasteiger partial charge in [0.15, 0.2) is 0 Å². The van der Waals surface area contributed by atoms with Crippen molar-refractivity contribution in [3.05, 3.63) is 35.0 Å². The number of halogens is 1. The van der Waals surface area contributed by atoms with Gasteiger partial charge in [-0.1, -0.05) is 17.7 Å². The summed E-state index contributed by atoms with van der Waals surface area (Å²) in [5.41, 5.74) is 3.48. The maximum absolute atomic E-state index is 6.24. The number of ether oxygens (including phenoxy) is 2. The molecule has 5 heteroatoms. The summed E-state index contributed by atoms with van der Waals surface area (Å²) in [5, 5.41) is 0.583. The first kappa shape index (κ1) is 11.4. The smallest absolute Gasteiger partial charge is 0.213 e. The minimum atomic E-state index is 0.548. The maximum Gasteiger partial charge on any atom is 0.213 e. The van der Waals surface area contributed by atoms with Gasteiger partial charge < -0.3 is 9.47 Å². The zero-order valence-electron chi connectivity index (χ0n) is 9.81. The van der Waals surface area contributed by atoms with Crippen molar-refractivity contribution < 1.29 is 9.47 Å². The minimum Gasteiger partial charge on any atom is -0.481 e. The average Bonchev–Trinajstić information content (AvgIpc) is 2.91. The highest BCUT2D eigenvalue weighted by Crippen LogP contribution is 2.32. The molecular formula is C13H11ClN2O2. The molecule has 1 aliphatic rings. The van der Waals surface area contributed by atoms with Gasteiger partial charge >= 0.3 is 0 Å². The van der Waals surface area contributed by atoms with E-state index in [9.17, 15) is 0 Å². The standard InChI is InChI=1S/C13H11ClN2O2/c1-17-11-3-2-10-13(16-11)12(9(14)6-15-10)8-4-5-18-7-8/h2-4,6H,5,7H2,1H3. The van der Waals surface area contributed by atoms with Crippen LogP contribution in [0.4, 0.5) is 0 Å². The van der Waals surface area contributed by atoms with Crippen molar-refractivity contribution in [2.24, 2.45) is 0 Å². The van der Waals surface area contributed by atoms with Crippen LogP contribution in [0.1, 0.15) is 5.56 Å². The Kier molecular flexibility index (Phi) is 2.89. The lowest BCUT2D eigenvalue weighted by Gasteiger charge is -2.09. The highest BCUT2D eigenvalue weighted by atomic mass is 35.5. The Bertz CT molecular complexity index is 640. The first-order chi connectivity index (χ1) is 8.79. The number of hydrogen-bond donors (Lipinski definition) is 0. The summed E-state index contributed by atoms with van der Waals surface area (Å²) in [6, 6.07) is 3.66. The van der Waals surface area contributed by atoms with E-state index in [0.717, 1.165) is 22.2 Å². The molecule has 0 unspecified atom stereocenters. The van der Waals surface area contributed by atoms with E-state index in [2.05, 4.69) is 9.97 Å². The Morgan fingerprint density at radius 1 is 1.39 bits per heavy atom. The fourth-order valence-electron chi connectivity index (χ4n) is 2.01. The van der Waals surface area contributed by atoms with E-state index >= 15 is 0 Å². The second-order valence-corrected chi connectivity index (χ2v) is 4.35. The summed E-state index contributed by atoms with van der Waals surface area (Å²) in [4.78, 5) is 8.70. The van der Waals surface area contributed by atoms with Gasteiger partial charge in [0.2, 0.25) is 5.88 Å². The van der Waals surface area contributed by atoms with E-state index in [-0.39, 0.29) is 0 Å². The summed E-state index contributed by atoms with van der Waals surface area (Å²) in [7, 11) is 1.59. The molecule has 0 N–H and O–H groups in total. The van der Waals surface area contributed by atoms with Gasteiger partial charge in [0, 0.05) is 17.8 Å². The van der Waals surface area contributed by atoms with E-state index in [0.29, 0.717) is 24.1 Å². The zero-order valence-corrected chi connectivity index (χ0v) is 10.6. The lowest BCUT2D eigenvalue weighted by atomic mass is 10.1. The Balaban J connectivity index is 2.29. The molecule has 18 heavy (non-hydrogen) atoms. The molecule has 2 aromatic heterocycles. The number of methoxy groups -OCH3 is 1. The molecule has 0 aromatic carbocycles. The number of rotatable bonds is 2. The number of aromatic nitrogens is 2. The van der Waals surface area contributed by atoms with Crippen molar-refractivity contribution in [2.75, 3.05) is 20.3 Å². The van der Waals surface area contributed by atoms with Crippen LogP contribution < -0.4 is 4.74 Å². The minimum absolute atomic E-state index is 0.548. The molecule has 0 spiro atoms. The summed E-state index contributed by atoms with van der Waals surface area (Å²) in [6.45, 7) is 1.16. The van der Waals surface area contributed by atoms with Gasteiger partial charge in [0.1, 0.15) is 5.52 Å². The van der Waals surface area contributed by atoms with Crippen molar-refractivity contribution in [1.29, 1.82) is 0 Å². The molecule has 4 nitrogen and oxygen atoms in total. The SMILES string of the molecule is COc1ccc2ncc(Cl)c(C3=CCOC3)c2n1. The maximum atomic E-state index is 6.24. The molecule has 0 bridgehead atoms. The van der Waals surface area contributed by atoms with Crippen molar-refractivity contribution >= 4 is 28.2 Å². The third kappa shape index (κ3) is 1.83. The number of nitrogens with zero attached hydrogens (tertiary/aromatic N) is 2. The summed E-state index contributed by atoms with van der Waals surface area (Å²) >= 11 is 6.24. The number of fused-ring (bicyclic) bond motifs is 1. The largest absolute Gasteiger partial charge is 0.481 e. The van der Waals surface area contributed by atoms with E-state index in [4.69, 9.17) is 21.1 Å². The molecule has 0 saturated carbocycles. The lowest BCUT2D eigenvalue weighted by molar-refractivity contribution is 0.216. The third-order valence-electron chi connectivity index (χ3n) is 2.88. The van der Waals surface area contributed by atoms with E-state index in [1.54, 1.807) is 19.4 Å². The van der Waals surface area contributed by atoms with Crippen molar-refractivity contribution in [1.82, 2.24) is 9.97 Å². The van der Waals surface area contributed by atoms with Crippen LogP contribution in [0.15, 0.2) is 24.4 Å². The number of pyridine rings is 2. The number of hydrogen-bond acceptors (Lipinski definition) is 4. The van der Waals surface area contributed by atoms with Crippen molar-refractivity contribution in [3.63, 3.8) is 0 Å². The Hall–Kier alpha value is -1.65. The van der Waals surface area contributed by atoms with Crippen LogP contribution in [0.2, 0.25) is 5.02 Å². The summed E-state index contributed by atoms with van der Waals surface area (Å²) < 4.78 is 10.5. The fourth-order valence-corrected chi connectivity index (χ4v) is 2.27. The molecule has 0 fully saturated rings. The van der Waals surface area contributed by atoms with E-state index in [1.165, 1.54) is 0 Å². The van der Waals surface area contributed by atoms with Gasteiger partial charge in [-0.3, -0.25) is 4.98 Å². The Morgan fingerprint density at radius 2 is 2.28 bits per heavy atom. The van der Waals surface area contributed by atoms with Gasteiger partial charge in [0.25, 0.3) is 0 Å². The summed E-state index contributed by atoms with van der Waals surface area (Å²) in [5.74, 6) is 0.548. The van der Waals surface area contributed by atoms with Gasteiger partial charge in [-0.15, -0.1) is 0 Å². The normalized spacial score (nSPS) is 14.9. The molecule has 3 rings (SSSR count). The summed E-state index contributed by atoms with van der Waals surface area (Å²) in [6.07, 6.45) is 3.66. The lowest BCUT2D eigenvalue weighted by Crippen LogP contribution is -1.96. The molecule has 0 aliphatic carbocycles. The molecule has 0 atom stereocenters. The molecule has 3 heterocycles. The van der Waals surface area contributed by atoms with Crippen molar-refractivity contribution in [2.45, 2.75) is 0 Å². The Morgan fingerprint density at radius 3 is 3.00 bits per heavy atom. The first-order valence-corrected chi connectivity index (χ1v) is 5.94. The quantitative estimate of drug-likeness (QED) is 0.835. The van der Waals surface area contributed by atoms with Crippen LogP contribution in [0, 0.1) is 0 Å². The second kappa shape index (κ2) is 4.55. The van der Waals surface area contributed by atoms with Crippen LogP contribution in [0.5, 0.6) is 5.88 Å². The average molecular weight is 263 g/mol. The highest BCUT2D eigenvalue weighted by molar-refractivity contribution is 6.33. The van der Waals surface area contributed by atoms with Gasteiger partial charge in [-0.05, 0) is 11.6 Å². The van der Waals surface area contributed by atoms with Crippen LogP contribution in [-0.2, 0) is 4.74 Å². The van der Waals surface area contributed by atoms with Crippen molar-refractivity contribution in [3.8, 4) is 5.88 Å².